The van der Waals surface area contributed by atoms with Crippen LogP contribution in [0, 0.1) is 0 Å². The second kappa shape index (κ2) is 7.13. The van der Waals surface area contributed by atoms with Crippen LogP contribution < -0.4 is 10.1 Å². The highest BCUT2D eigenvalue weighted by Gasteiger charge is 2.15. The topological polar surface area (TPSA) is 58.6 Å². The zero-order chi connectivity index (χ0) is 14.4. The molecule has 6 heteroatoms. The van der Waals surface area contributed by atoms with E-state index in [9.17, 15) is 9.59 Å². The summed E-state index contributed by atoms with van der Waals surface area (Å²) in [6, 6.07) is 7.18. The van der Waals surface area contributed by atoms with Crippen molar-refractivity contribution in [3.05, 3.63) is 28.7 Å². The fraction of sp³-hybridized carbons (Fsp3) is 0.385. The first kappa shape index (κ1) is 15.5. The van der Waals surface area contributed by atoms with Gasteiger partial charge in [0.15, 0.2) is 6.10 Å². The highest BCUT2D eigenvalue weighted by Crippen LogP contribution is 2.17. The molecular formula is C13H17BrN2O3. The smallest absolute Gasteiger partial charge is 0.261 e. The van der Waals surface area contributed by atoms with Gasteiger partial charge in [-0.3, -0.25) is 9.59 Å². The van der Waals surface area contributed by atoms with Crippen LogP contribution in [0.4, 0.5) is 0 Å². The molecule has 104 valence electrons. The maximum Gasteiger partial charge on any atom is 0.261 e. The number of nitrogens with zero attached hydrogens (tertiary/aromatic N) is 1. The van der Waals surface area contributed by atoms with Crippen LogP contribution in [0.25, 0.3) is 0 Å². The van der Waals surface area contributed by atoms with Crippen molar-refractivity contribution >= 4 is 27.7 Å². The fourth-order valence-corrected chi connectivity index (χ4v) is 1.50. The van der Waals surface area contributed by atoms with E-state index < -0.39 is 6.10 Å². The van der Waals surface area contributed by atoms with Crippen LogP contribution >= 0.6 is 15.9 Å². The van der Waals surface area contributed by atoms with E-state index in [2.05, 4.69) is 21.2 Å². The van der Waals surface area contributed by atoms with Gasteiger partial charge in [0.1, 0.15) is 5.75 Å². The molecule has 0 aliphatic rings. The Balaban J connectivity index is 2.44. The van der Waals surface area contributed by atoms with Gasteiger partial charge in [0, 0.05) is 18.6 Å². The third-order valence-corrected chi connectivity index (χ3v) is 2.94. The van der Waals surface area contributed by atoms with E-state index >= 15 is 0 Å². The van der Waals surface area contributed by atoms with Gasteiger partial charge in [-0.05, 0) is 31.2 Å². The highest BCUT2D eigenvalue weighted by atomic mass is 79.9. The van der Waals surface area contributed by atoms with Crippen molar-refractivity contribution in [3.8, 4) is 5.75 Å². The van der Waals surface area contributed by atoms with Crippen LogP contribution in [0.15, 0.2) is 28.7 Å². The van der Waals surface area contributed by atoms with Gasteiger partial charge in [-0.25, -0.2) is 0 Å². The summed E-state index contributed by atoms with van der Waals surface area (Å²) < 4.78 is 6.40. The van der Waals surface area contributed by atoms with Crippen molar-refractivity contribution in [2.45, 2.75) is 13.0 Å². The number of hydrogen-bond donors (Lipinski definition) is 1. The quantitative estimate of drug-likeness (QED) is 0.889. The molecule has 1 N–H and O–H groups in total. The Morgan fingerprint density at radius 3 is 2.42 bits per heavy atom. The minimum absolute atomic E-state index is 0.0279. The molecule has 0 unspecified atom stereocenters. The van der Waals surface area contributed by atoms with Gasteiger partial charge in [-0.1, -0.05) is 15.9 Å². The molecule has 2 amide bonds. The van der Waals surface area contributed by atoms with Crippen LogP contribution in [0.5, 0.6) is 5.75 Å². The molecule has 0 aliphatic heterocycles. The zero-order valence-corrected chi connectivity index (χ0v) is 12.7. The normalized spacial score (nSPS) is 11.6. The van der Waals surface area contributed by atoms with Crippen LogP contribution in [0.3, 0.4) is 0 Å². The van der Waals surface area contributed by atoms with E-state index in [-0.39, 0.29) is 18.4 Å². The Labute approximate surface area is 121 Å². The van der Waals surface area contributed by atoms with E-state index in [1.54, 1.807) is 33.2 Å². The predicted octanol–water partition coefficient (Wildman–Crippen LogP) is 1.42. The number of ether oxygens (including phenoxy) is 1. The molecule has 1 atom stereocenters. The number of rotatable bonds is 5. The van der Waals surface area contributed by atoms with E-state index in [1.807, 2.05) is 12.1 Å². The lowest BCUT2D eigenvalue weighted by atomic mass is 10.3. The Kier molecular flexibility index (Phi) is 5.82. The molecule has 0 bridgehead atoms. The number of carbonyl (C=O) groups is 2. The molecule has 0 aliphatic carbocycles. The number of nitrogens with one attached hydrogen (secondary N) is 1. The summed E-state index contributed by atoms with van der Waals surface area (Å²) >= 11 is 3.32. The predicted molar refractivity (Wildman–Crippen MR) is 75.9 cm³/mol. The largest absolute Gasteiger partial charge is 0.481 e. The van der Waals surface area contributed by atoms with E-state index in [4.69, 9.17) is 4.74 Å². The number of likely N-dealkylation sites (N-methyl/N-ethyl adjacent to an activating group) is 1. The first-order valence-corrected chi connectivity index (χ1v) is 6.59. The standard InChI is InChI=1S/C13H17BrN2O3/c1-9(13(18)15-8-12(17)16(2)3)19-11-6-4-10(14)5-7-11/h4-7,9H,8H2,1-3H3,(H,15,18)/t9-/m0/s1. The molecule has 0 spiro atoms. The summed E-state index contributed by atoms with van der Waals surface area (Å²) in [7, 11) is 3.27. The second-order valence-electron chi connectivity index (χ2n) is 4.22. The van der Waals surface area contributed by atoms with E-state index in [0.29, 0.717) is 5.75 Å². The van der Waals surface area contributed by atoms with Gasteiger partial charge in [-0.2, -0.15) is 0 Å². The molecule has 0 fully saturated rings. The molecule has 19 heavy (non-hydrogen) atoms. The SMILES string of the molecule is C[C@H](Oc1ccc(Br)cc1)C(=O)NCC(=O)N(C)C. The maximum atomic E-state index is 11.7. The summed E-state index contributed by atoms with van der Waals surface area (Å²) in [4.78, 5) is 24.5. The highest BCUT2D eigenvalue weighted by molar-refractivity contribution is 9.10. The summed E-state index contributed by atoms with van der Waals surface area (Å²) in [5, 5.41) is 2.53. The summed E-state index contributed by atoms with van der Waals surface area (Å²) in [5.74, 6) is 0.118. The molecule has 0 radical (unpaired) electrons. The Bertz CT molecular complexity index is 446. The number of carbonyl (C=O) groups excluding carboxylic acids is 2. The van der Waals surface area contributed by atoms with Crippen molar-refractivity contribution in [2.75, 3.05) is 20.6 Å². The van der Waals surface area contributed by atoms with Crippen LogP contribution in [0.1, 0.15) is 6.92 Å². The molecular weight excluding hydrogens is 312 g/mol. The van der Waals surface area contributed by atoms with Gasteiger partial charge >= 0.3 is 0 Å². The third-order valence-electron chi connectivity index (χ3n) is 2.41. The van der Waals surface area contributed by atoms with Crippen molar-refractivity contribution in [3.63, 3.8) is 0 Å². The van der Waals surface area contributed by atoms with Crippen LogP contribution in [0.2, 0.25) is 0 Å². The molecule has 0 saturated heterocycles. The zero-order valence-electron chi connectivity index (χ0n) is 11.1. The van der Waals surface area contributed by atoms with Crippen molar-refractivity contribution < 1.29 is 14.3 Å². The van der Waals surface area contributed by atoms with Gasteiger partial charge < -0.3 is 15.0 Å². The first-order chi connectivity index (χ1) is 8.90. The number of benzene rings is 1. The van der Waals surface area contributed by atoms with Gasteiger partial charge in [0.05, 0.1) is 6.54 Å². The van der Waals surface area contributed by atoms with Gasteiger partial charge in [-0.15, -0.1) is 0 Å². The Hall–Kier alpha value is -1.56. The summed E-state index contributed by atoms with van der Waals surface area (Å²) in [6.07, 6.45) is -0.656. The molecule has 0 saturated carbocycles. The minimum atomic E-state index is -0.656. The van der Waals surface area contributed by atoms with Crippen molar-refractivity contribution in [1.29, 1.82) is 0 Å². The van der Waals surface area contributed by atoms with Crippen molar-refractivity contribution in [1.82, 2.24) is 10.2 Å². The average molecular weight is 329 g/mol. The monoisotopic (exact) mass is 328 g/mol. The van der Waals surface area contributed by atoms with Crippen LogP contribution in [-0.4, -0.2) is 43.5 Å². The second-order valence-corrected chi connectivity index (χ2v) is 5.14. The molecule has 1 aromatic rings. The molecule has 0 aromatic heterocycles. The lowest BCUT2D eigenvalue weighted by Gasteiger charge is -2.16. The molecule has 1 aromatic carbocycles. The lowest BCUT2D eigenvalue weighted by molar-refractivity contribution is -0.133. The Morgan fingerprint density at radius 1 is 1.32 bits per heavy atom. The average Bonchev–Trinajstić information content (AvgIpc) is 2.37. The Morgan fingerprint density at radius 2 is 1.89 bits per heavy atom. The van der Waals surface area contributed by atoms with Crippen LogP contribution in [-0.2, 0) is 9.59 Å². The molecule has 0 heterocycles. The molecule has 5 nitrogen and oxygen atoms in total. The molecule has 1 rings (SSSR count). The number of amides is 2. The maximum absolute atomic E-state index is 11.7. The summed E-state index contributed by atoms with van der Waals surface area (Å²) in [5.41, 5.74) is 0. The number of hydrogen-bond acceptors (Lipinski definition) is 3. The minimum Gasteiger partial charge on any atom is -0.481 e. The third kappa shape index (κ3) is 5.30. The van der Waals surface area contributed by atoms with Crippen molar-refractivity contribution in [2.24, 2.45) is 0 Å². The van der Waals surface area contributed by atoms with E-state index in [0.717, 1.165) is 4.47 Å². The van der Waals surface area contributed by atoms with Gasteiger partial charge in [0.25, 0.3) is 5.91 Å². The summed E-state index contributed by atoms with van der Waals surface area (Å²) in [6.45, 7) is 1.61. The van der Waals surface area contributed by atoms with E-state index in [1.165, 1.54) is 4.90 Å². The van der Waals surface area contributed by atoms with Gasteiger partial charge in [0.2, 0.25) is 5.91 Å². The fourth-order valence-electron chi connectivity index (χ4n) is 1.24. The first-order valence-electron chi connectivity index (χ1n) is 5.80. The lowest BCUT2D eigenvalue weighted by Crippen LogP contribution is -2.42. The number of halogens is 1.